The van der Waals surface area contributed by atoms with Crippen LogP contribution in [0.5, 0.6) is 0 Å². The van der Waals surface area contributed by atoms with Crippen molar-refractivity contribution in [2.24, 2.45) is 0 Å². The molecule has 7 heteroatoms. The Hall–Kier alpha value is -1.44. The summed E-state index contributed by atoms with van der Waals surface area (Å²) < 4.78 is 32.2. The van der Waals surface area contributed by atoms with Crippen LogP contribution in [0, 0.1) is 13.8 Å². The molecule has 1 heterocycles. The van der Waals surface area contributed by atoms with Crippen molar-refractivity contribution in [2.75, 3.05) is 6.54 Å². The lowest BCUT2D eigenvalue weighted by molar-refractivity contribution is -0.149. The molecule has 1 aliphatic heterocycles. The molecule has 21 heavy (non-hydrogen) atoms. The number of sulfonamides is 1. The van der Waals surface area contributed by atoms with E-state index in [0.717, 1.165) is 11.1 Å². The number of nitrogens with one attached hydrogen (secondary N) is 1. The highest BCUT2D eigenvalue weighted by Gasteiger charge is 2.31. The number of aliphatic carboxylic acids is 1. The number of hydrogen-bond acceptors (Lipinski definition) is 4. The molecule has 0 bridgehead atoms. The van der Waals surface area contributed by atoms with Crippen LogP contribution in [0.1, 0.15) is 24.0 Å². The molecule has 1 aliphatic rings. The Morgan fingerprint density at radius 3 is 2.43 bits per heavy atom. The van der Waals surface area contributed by atoms with Crippen LogP contribution in [0.4, 0.5) is 0 Å². The molecule has 6 nitrogen and oxygen atoms in total. The minimum atomic E-state index is -3.61. The minimum absolute atomic E-state index is 0.0824. The standard InChI is InChI=1S/C14H19NO5S/c1-9-5-10(2)7-12(6-9)21(18,19)15-8-11-3-4-13(20-11)14(16)17/h5-7,11,13,15H,3-4,8H2,1-2H3,(H,16,17). The summed E-state index contributed by atoms with van der Waals surface area (Å²) in [7, 11) is -3.61. The second-order valence-electron chi connectivity index (χ2n) is 5.34. The lowest BCUT2D eigenvalue weighted by Gasteiger charge is -2.13. The number of carbonyl (C=O) groups is 1. The van der Waals surface area contributed by atoms with Gasteiger partial charge in [0.2, 0.25) is 10.0 Å². The Bertz CT molecular complexity index is 621. The molecular weight excluding hydrogens is 294 g/mol. The largest absolute Gasteiger partial charge is 0.479 e. The lowest BCUT2D eigenvalue weighted by atomic mass is 10.2. The average molecular weight is 313 g/mol. The number of carboxylic acids is 1. The molecule has 0 saturated carbocycles. The van der Waals surface area contributed by atoms with Crippen molar-refractivity contribution >= 4 is 16.0 Å². The first kappa shape index (κ1) is 15.9. The molecule has 1 aromatic rings. The Morgan fingerprint density at radius 1 is 1.29 bits per heavy atom. The zero-order chi connectivity index (χ0) is 15.6. The maximum Gasteiger partial charge on any atom is 0.332 e. The third-order valence-electron chi connectivity index (χ3n) is 3.39. The molecule has 0 radical (unpaired) electrons. The van der Waals surface area contributed by atoms with Crippen molar-refractivity contribution in [1.29, 1.82) is 0 Å². The van der Waals surface area contributed by atoms with Gasteiger partial charge in [0, 0.05) is 6.54 Å². The summed E-state index contributed by atoms with van der Waals surface area (Å²) in [6.45, 7) is 3.76. The van der Waals surface area contributed by atoms with E-state index in [1.807, 2.05) is 19.9 Å². The molecule has 0 aromatic heterocycles. The van der Waals surface area contributed by atoms with E-state index in [9.17, 15) is 13.2 Å². The zero-order valence-electron chi connectivity index (χ0n) is 12.0. The van der Waals surface area contributed by atoms with Gasteiger partial charge in [-0.1, -0.05) is 6.07 Å². The van der Waals surface area contributed by atoms with E-state index in [2.05, 4.69) is 4.72 Å². The number of ether oxygens (including phenoxy) is 1. The molecule has 0 amide bonds. The fourth-order valence-electron chi connectivity index (χ4n) is 2.41. The summed E-state index contributed by atoms with van der Waals surface area (Å²) >= 11 is 0. The van der Waals surface area contributed by atoms with Gasteiger partial charge in [0.15, 0.2) is 6.10 Å². The monoisotopic (exact) mass is 313 g/mol. The molecule has 2 rings (SSSR count). The summed E-state index contributed by atoms with van der Waals surface area (Å²) in [6, 6.07) is 5.10. The second kappa shape index (κ2) is 6.13. The van der Waals surface area contributed by atoms with Gasteiger partial charge in [-0.15, -0.1) is 0 Å². The quantitative estimate of drug-likeness (QED) is 0.852. The highest BCUT2D eigenvalue weighted by Crippen LogP contribution is 2.20. The van der Waals surface area contributed by atoms with Gasteiger partial charge in [-0.2, -0.15) is 0 Å². The summed E-state index contributed by atoms with van der Waals surface area (Å²) in [5.74, 6) is -1.00. The van der Waals surface area contributed by atoms with Crippen LogP contribution in [0.2, 0.25) is 0 Å². The molecule has 2 atom stereocenters. The van der Waals surface area contributed by atoms with E-state index in [1.165, 1.54) is 0 Å². The van der Waals surface area contributed by atoms with Crippen molar-refractivity contribution in [3.05, 3.63) is 29.3 Å². The predicted octanol–water partition coefficient (Wildman–Crippen LogP) is 1.21. The van der Waals surface area contributed by atoms with Crippen LogP contribution in [0.3, 0.4) is 0 Å². The van der Waals surface area contributed by atoms with Gasteiger partial charge >= 0.3 is 5.97 Å². The van der Waals surface area contributed by atoms with Crippen LogP contribution in [-0.4, -0.2) is 38.2 Å². The number of hydrogen-bond donors (Lipinski definition) is 2. The van der Waals surface area contributed by atoms with E-state index < -0.39 is 28.2 Å². The van der Waals surface area contributed by atoms with E-state index in [4.69, 9.17) is 9.84 Å². The summed E-state index contributed by atoms with van der Waals surface area (Å²) in [6.07, 6.45) is -0.287. The van der Waals surface area contributed by atoms with Gasteiger partial charge < -0.3 is 9.84 Å². The maximum absolute atomic E-state index is 12.2. The van der Waals surface area contributed by atoms with Gasteiger partial charge in [0.25, 0.3) is 0 Å². The first-order chi connectivity index (χ1) is 9.78. The highest BCUT2D eigenvalue weighted by molar-refractivity contribution is 7.89. The number of carboxylic acid groups (broad SMARTS) is 1. The topological polar surface area (TPSA) is 92.7 Å². The van der Waals surface area contributed by atoms with Crippen LogP contribution in [0.25, 0.3) is 0 Å². The zero-order valence-corrected chi connectivity index (χ0v) is 12.8. The van der Waals surface area contributed by atoms with Crippen LogP contribution < -0.4 is 4.72 Å². The normalized spacial score (nSPS) is 22.4. The molecule has 1 saturated heterocycles. The van der Waals surface area contributed by atoms with E-state index >= 15 is 0 Å². The molecule has 0 spiro atoms. The average Bonchev–Trinajstić information content (AvgIpc) is 2.84. The fourth-order valence-corrected chi connectivity index (χ4v) is 3.67. The highest BCUT2D eigenvalue weighted by atomic mass is 32.2. The molecule has 2 unspecified atom stereocenters. The van der Waals surface area contributed by atoms with E-state index in [-0.39, 0.29) is 11.4 Å². The van der Waals surface area contributed by atoms with Crippen molar-refractivity contribution in [1.82, 2.24) is 4.72 Å². The SMILES string of the molecule is Cc1cc(C)cc(S(=O)(=O)NCC2CCC(C(=O)O)O2)c1. The van der Waals surface area contributed by atoms with Gasteiger partial charge in [-0.05, 0) is 49.9 Å². The number of rotatable bonds is 5. The van der Waals surface area contributed by atoms with Crippen molar-refractivity contribution < 1.29 is 23.1 Å². The first-order valence-corrected chi connectivity index (χ1v) is 8.22. The van der Waals surface area contributed by atoms with Crippen LogP contribution in [-0.2, 0) is 19.6 Å². The maximum atomic E-state index is 12.2. The van der Waals surface area contributed by atoms with Crippen molar-refractivity contribution in [3.63, 3.8) is 0 Å². The Morgan fingerprint density at radius 2 is 1.90 bits per heavy atom. The third-order valence-corrected chi connectivity index (χ3v) is 4.79. The smallest absolute Gasteiger partial charge is 0.332 e. The third kappa shape index (κ3) is 4.03. The van der Waals surface area contributed by atoms with Crippen LogP contribution in [0.15, 0.2) is 23.1 Å². The molecule has 1 aromatic carbocycles. The number of benzene rings is 1. The lowest BCUT2D eigenvalue weighted by Crippen LogP contribution is -2.33. The van der Waals surface area contributed by atoms with Gasteiger partial charge in [-0.3, -0.25) is 0 Å². The predicted molar refractivity (Wildman–Crippen MR) is 76.6 cm³/mol. The molecule has 0 aliphatic carbocycles. The fraction of sp³-hybridized carbons (Fsp3) is 0.500. The Labute approximate surface area is 124 Å². The van der Waals surface area contributed by atoms with Crippen molar-refractivity contribution in [2.45, 2.75) is 43.8 Å². The number of aryl methyl sites for hydroxylation is 2. The second-order valence-corrected chi connectivity index (χ2v) is 7.10. The van der Waals surface area contributed by atoms with E-state index in [0.29, 0.717) is 12.8 Å². The van der Waals surface area contributed by atoms with Gasteiger partial charge in [-0.25, -0.2) is 17.9 Å². The minimum Gasteiger partial charge on any atom is -0.479 e. The van der Waals surface area contributed by atoms with Gasteiger partial charge in [0.1, 0.15) is 0 Å². The van der Waals surface area contributed by atoms with Crippen molar-refractivity contribution in [3.8, 4) is 0 Å². The molecule has 1 fully saturated rings. The molecule has 2 N–H and O–H groups in total. The molecular formula is C14H19NO5S. The molecule has 116 valence electrons. The Kier molecular flexibility index (Phi) is 4.65. The Balaban J connectivity index is 2.00. The summed E-state index contributed by atoms with van der Waals surface area (Å²) in [4.78, 5) is 11.0. The first-order valence-electron chi connectivity index (χ1n) is 6.74. The van der Waals surface area contributed by atoms with Gasteiger partial charge in [0.05, 0.1) is 11.0 Å². The van der Waals surface area contributed by atoms with E-state index in [1.54, 1.807) is 12.1 Å². The van der Waals surface area contributed by atoms with Crippen LogP contribution >= 0.6 is 0 Å². The summed E-state index contributed by atoms with van der Waals surface area (Å²) in [5, 5.41) is 8.83. The summed E-state index contributed by atoms with van der Waals surface area (Å²) in [5.41, 5.74) is 1.75.